The molecule has 0 radical (unpaired) electrons. The third-order valence-corrected chi connectivity index (χ3v) is 7.53. The van der Waals surface area contributed by atoms with Crippen molar-refractivity contribution in [3.05, 3.63) is 89.3 Å². The van der Waals surface area contributed by atoms with Crippen LogP contribution >= 0.6 is 0 Å². The summed E-state index contributed by atoms with van der Waals surface area (Å²) >= 11 is 0. The van der Waals surface area contributed by atoms with Crippen molar-refractivity contribution in [2.24, 2.45) is 5.73 Å². The molecule has 0 saturated heterocycles. The molecule has 10 heteroatoms. The van der Waals surface area contributed by atoms with Crippen LogP contribution in [-0.4, -0.2) is 31.7 Å². The Morgan fingerprint density at radius 2 is 1.62 bits per heavy atom. The first kappa shape index (κ1) is 23.5. The number of carbonyl (C=O) groups excluding carboxylic acids is 1. The van der Waals surface area contributed by atoms with Gasteiger partial charge in [-0.3, -0.25) is 4.79 Å². The van der Waals surface area contributed by atoms with Crippen LogP contribution in [0.3, 0.4) is 0 Å². The van der Waals surface area contributed by atoms with E-state index in [2.05, 4.69) is 0 Å². The standard InChI is InChI=1S/C24H20F3N3O3S/c25-17-3-1-14(2-4-17)16-11-19(23(28)20(12-16)24(29)31)15-7-9-30(10-8-15)34(32,33)18-5-6-21(26)22(27)13-18/h1-7,11-13H,8-10,28H2,(H2,29,31). The molecule has 176 valence electrons. The molecule has 4 N–H and O–H groups in total. The van der Waals surface area contributed by atoms with Crippen LogP contribution < -0.4 is 11.5 Å². The summed E-state index contributed by atoms with van der Waals surface area (Å²) in [6.45, 7) is 0.0159. The summed E-state index contributed by atoms with van der Waals surface area (Å²) in [5, 5.41) is 0. The zero-order chi connectivity index (χ0) is 24.6. The predicted molar refractivity (Wildman–Crippen MR) is 122 cm³/mol. The maximum absolute atomic E-state index is 13.6. The van der Waals surface area contributed by atoms with E-state index in [0.717, 1.165) is 16.4 Å². The van der Waals surface area contributed by atoms with Gasteiger partial charge < -0.3 is 11.5 Å². The van der Waals surface area contributed by atoms with Gasteiger partial charge >= 0.3 is 0 Å². The van der Waals surface area contributed by atoms with Crippen LogP contribution in [0.1, 0.15) is 22.3 Å². The van der Waals surface area contributed by atoms with E-state index in [1.807, 2.05) is 0 Å². The highest BCUT2D eigenvalue weighted by Gasteiger charge is 2.28. The van der Waals surface area contributed by atoms with Crippen molar-refractivity contribution in [1.29, 1.82) is 0 Å². The summed E-state index contributed by atoms with van der Waals surface area (Å²) in [6, 6.07) is 11.4. The van der Waals surface area contributed by atoms with Crippen molar-refractivity contribution >= 4 is 27.2 Å². The number of hydrogen-bond donors (Lipinski definition) is 2. The minimum Gasteiger partial charge on any atom is -0.398 e. The van der Waals surface area contributed by atoms with Gasteiger partial charge in [0.25, 0.3) is 5.91 Å². The van der Waals surface area contributed by atoms with Gasteiger partial charge in [-0.05, 0) is 65.6 Å². The summed E-state index contributed by atoms with van der Waals surface area (Å²) in [4.78, 5) is 11.7. The average molecular weight is 488 g/mol. The molecule has 0 fully saturated rings. The van der Waals surface area contributed by atoms with E-state index in [1.165, 1.54) is 18.2 Å². The Balaban J connectivity index is 1.69. The SMILES string of the molecule is NC(=O)c1cc(-c2ccc(F)cc2)cc(C2=CCN(S(=O)(=O)c3ccc(F)c(F)c3)CC2)c1N. The Bertz CT molecular complexity index is 1420. The summed E-state index contributed by atoms with van der Waals surface area (Å²) in [6.07, 6.45) is 1.89. The molecule has 3 aromatic carbocycles. The molecule has 1 heterocycles. The fourth-order valence-corrected chi connectivity index (χ4v) is 5.22. The fourth-order valence-electron chi connectivity index (χ4n) is 3.83. The van der Waals surface area contributed by atoms with Crippen LogP contribution in [0, 0.1) is 17.5 Å². The smallest absolute Gasteiger partial charge is 0.250 e. The van der Waals surface area contributed by atoms with Gasteiger partial charge in [0.15, 0.2) is 11.6 Å². The lowest BCUT2D eigenvalue weighted by atomic mass is 9.91. The third-order valence-electron chi connectivity index (χ3n) is 5.67. The Hall–Kier alpha value is -3.63. The Morgan fingerprint density at radius 3 is 2.21 bits per heavy atom. The maximum Gasteiger partial charge on any atom is 0.250 e. The molecule has 0 unspecified atom stereocenters. The van der Waals surface area contributed by atoms with Crippen LogP contribution in [0.15, 0.2) is 65.6 Å². The predicted octanol–water partition coefficient (Wildman–Crippen LogP) is 3.93. The molecule has 34 heavy (non-hydrogen) atoms. The molecule has 0 atom stereocenters. The summed E-state index contributed by atoms with van der Waals surface area (Å²) in [5.41, 5.74) is 14.4. The zero-order valence-corrected chi connectivity index (χ0v) is 18.6. The van der Waals surface area contributed by atoms with Gasteiger partial charge in [0.2, 0.25) is 10.0 Å². The maximum atomic E-state index is 13.6. The molecule has 3 aromatic rings. The molecule has 0 aromatic heterocycles. The minimum atomic E-state index is -4.05. The number of rotatable bonds is 5. The van der Waals surface area contributed by atoms with Gasteiger partial charge in [0.1, 0.15) is 5.82 Å². The largest absolute Gasteiger partial charge is 0.398 e. The van der Waals surface area contributed by atoms with E-state index >= 15 is 0 Å². The number of benzene rings is 3. The first-order valence-electron chi connectivity index (χ1n) is 10.2. The van der Waals surface area contributed by atoms with Gasteiger partial charge in [-0.1, -0.05) is 18.2 Å². The van der Waals surface area contributed by atoms with E-state index in [4.69, 9.17) is 11.5 Å². The Kier molecular flexibility index (Phi) is 6.20. The van der Waals surface area contributed by atoms with Crippen LogP contribution in [0.2, 0.25) is 0 Å². The third kappa shape index (κ3) is 4.42. The van der Waals surface area contributed by atoms with Gasteiger partial charge in [-0.2, -0.15) is 4.31 Å². The number of amides is 1. The highest BCUT2D eigenvalue weighted by molar-refractivity contribution is 7.89. The van der Waals surface area contributed by atoms with Gasteiger partial charge in [-0.15, -0.1) is 0 Å². The van der Waals surface area contributed by atoms with Crippen molar-refractivity contribution in [3.8, 4) is 11.1 Å². The molecule has 4 rings (SSSR count). The monoisotopic (exact) mass is 487 g/mol. The first-order valence-corrected chi connectivity index (χ1v) is 11.7. The zero-order valence-electron chi connectivity index (χ0n) is 17.8. The topological polar surface area (TPSA) is 106 Å². The van der Waals surface area contributed by atoms with Crippen LogP contribution in [0.5, 0.6) is 0 Å². The van der Waals surface area contributed by atoms with Crippen molar-refractivity contribution in [3.63, 3.8) is 0 Å². The highest BCUT2D eigenvalue weighted by Crippen LogP contribution is 2.35. The lowest BCUT2D eigenvalue weighted by molar-refractivity contribution is 0.100. The average Bonchev–Trinajstić information content (AvgIpc) is 2.81. The van der Waals surface area contributed by atoms with Gasteiger partial charge in [0, 0.05) is 18.7 Å². The quantitative estimate of drug-likeness (QED) is 0.532. The van der Waals surface area contributed by atoms with Gasteiger partial charge in [-0.25, -0.2) is 21.6 Å². The number of nitrogens with zero attached hydrogens (tertiary/aromatic N) is 1. The van der Waals surface area contributed by atoms with Crippen molar-refractivity contribution in [1.82, 2.24) is 4.31 Å². The molecule has 0 saturated carbocycles. The van der Waals surface area contributed by atoms with Gasteiger partial charge in [0.05, 0.1) is 16.1 Å². The molecule has 1 amide bonds. The van der Waals surface area contributed by atoms with E-state index in [9.17, 15) is 26.4 Å². The van der Waals surface area contributed by atoms with Crippen molar-refractivity contribution in [2.75, 3.05) is 18.8 Å². The highest BCUT2D eigenvalue weighted by atomic mass is 32.2. The molecular formula is C24H20F3N3O3S. The molecule has 0 aliphatic carbocycles. The number of carbonyl (C=O) groups is 1. The molecule has 1 aliphatic rings. The summed E-state index contributed by atoms with van der Waals surface area (Å²) < 4.78 is 67.0. The number of anilines is 1. The number of nitrogen functional groups attached to an aromatic ring is 1. The van der Waals surface area contributed by atoms with Crippen LogP contribution in [0.4, 0.5) is 18.9 Å². The van der Waals surface area contributed by atoms with E-state index in [1.54, 1.807) is 24.3 Å². The fraction of sp³-hybridized carbons (Fsp3) is 0.125. The van der Waals surface area contributed by atoms with Crippen molar-refractivity contribution in [2.45, 2.75) is 11.3 Å². The number of sulfonamides is 1. The van der Waals surface area contributed by atoms with Crippen LogP contribution in [0.25, 0.3) is 16.7 Å². The lowest BCUT2D eigenvalue weighted by Gasteiger charge is -2.27. The first-order chi connectivity index (χ1) is 16.1. The number of primary amides is 1. The second-order valence-electron chi connectivity index (χ2n) is 7.77. The number of hydrogen-bond acceptors (Lipinski definition) is 4. The molecule has 0 bridgehead atoms. The minimum absolute atomic E-state index is 0.0389. The number of nitrogens with two attached hydrogens (primary N) is 2. The molecule has 0 spiro atoms. The molecule has 1 aliphatic heterocycles. The summed E-state index contributed by atoms with van der Waals surface area (Å²) in [7, 11) is -4.05. The van der Waals surface area contributed by atoms with Crippen LogP contribution in [-0.2, 0) is 10.0 Å². The second kappa shape index (κ2) is 8.96. The van der Waals surface area contributed by atoms with E-state index in [-0.39, 0.29) is 35.7 Å². The lowest BCUT2D eigenvalue weighted by Crippen LogP contribution is -2.34. The molecular weight excluding hydrogens is 467 g/mol. The number of halogens is 3. The second-order valence-corrected chi connectivity index (χ2v) is 9.71. The normalized spacial score (nSPS) is 14.6. The van der Waals surface area contributed by atoms with Crippen molar-refractivity contribution < 1.29 is 26.4 Å². The Labute approximate surface area is 194 Å². The summed E-state index contributed by atoms with van der Waals surface area (Å²) in [5.74, 6) is -3.53. The Morgan fingerprint density at radius 1 is 0.912 bits per heavy atom. The van der Waals surface area contributed by atoms with E-state index < -0.39 is 33.4 Å². The van der Waals surface area contributed by atoms with E-state index in [0.29, 0.717) is 28.3 Å². The molecule has 6 nitrogen and oxygen atoms in total.